The van der Waals surface area contributed by atoms with E-state index in [1.165, 1.54) is 0 Å². The van der Waals surface area contributed by atoms with Crippen molar-refractivity contribution in [2.75, 3.05) is 25.1 Å². The lowest BCUT2D eigenvalue weighted by atomic mass is 9.94. The summed E-state index contributed by atoms with van der Waals surface area (Å²) in [6.45, 7) is 9.30. The van der Waals surface area contributed by atoms with Crippen LogP contribution in [0.15, 0.2) is 53.3 Å². The van der Waals surface area contributed by atoms with E-state index in [4.69, 9.17) is 19.2 Å². The Balaban J connectivity index is 1.35. The molecule has 1 aliphatic carbocycles. The quantitative estimate of drug-likeness (QED) is 0.231. The van der Waals surface area contributed by atoms with Crippen LogP contribution in [0.2, 0.25) is 25.7 Å². The maximum absolute atomic E-state index is 13.6. The predicted molar refractivity (Wildman–Crippen MR) is 158 cm³/mol. The summed E-state index contributed by atoms with van der Waals surface area (Å²) in [5, 5.41) is 4.52. The van der Waals surface area contributed by atoms with Crippen molar-refractivity contribution in [3.05, 3.63) is 64.7 Å². The summed E-state index contributed by atoms with van der Waals surface area (Å²) in [6.07, 6.45) is 3.94. The Bertz CT molecular complexity index is 1280. The van der Waals surface area contributed by atoms with Gasteiger partial charge in [0.05, 0.1) is 29.9 Å². The van der Waals surface area contributed by atoms with E-state index in [9.17, 15) is 4.79 Å². The third kappa shape index (κ3) is 6.87. The molecular formula is C29H39N3O4SSi. The molecule has 0 atom stereocenters. The molecule has 1 aromatic heterocycles. The number of ether oxygens (including phenoxy) is 3. The molecule has 1 aliphatic heterocycles. The largest absolute Gasteiger partial charge is 0.361 e. The fourth-order valence-electron chi connectivity index (χ4n) is 4.99. The van der Waals surface area contributed by atoms with Gasteiger partial charge in [0.2, 0.25) is 0 Å². The van der Waals surface area contributed by atoms with Crippen molar-refractivity contribution in [1.82, 2.24) is 9.55 Å². The minimum absolute atomic E-state index is 0.0415. The zero-order valence-corrected chi connectivity index (χ0v) is 24.5. The molecule has 38 heavy (non-hydrogen) atoms. The molecule has 2 aliphatic rings. The highest BCUT2D eigenvalue weighted by Crippen LogP contribution is 2.40. The van der Waals surface area contributed by atoms with Gasteiger partial charge in [-0.1, -0.05) is 37.8 Å². The van der Waals surface area contributed by atoms with E-state index >= 15 is 0 Å². The lowest BCUT2D eigenvalue weighted by Gasteiger charge is -2.35. The highest BCUT2D eigenvalue weighted by Gasteiger charge is 2.40. The van der Waals surface area contributed by atoms with E-state index in [0.29, 0.717) is 41.7 Å². The zero-order chi connectivity index (χ0) is 26.6. The highest BCUT2D eigenvalue weighted by molar-refractivity contribution is 7.99. The summed E-state index contributed by atoms with van der Waals surface area (Å²) in [7, 11) is -1.22. The molecule has 1 N–H and O–H groups in total. The van der Waals surface area contributed by atoms with Gasteiger partial charge < -0.3 is 19.5 Å². The Labute approximate surface area is 230 Å². The third-order valence-electron chi connectivity index (χ3n) is 7.27. The first-order valence-electron chi connectivity index (χ1n) is 13.6. The van der Waals surface area contributed by atoms with Crippen molar-refractivity contribution in [2.45, 2.75) is 74.9 Å². The molecule has 1 saturated carbocycles. The molecule has 1 saturated heterocycles. The highest BCUT2D eigenvalue weighted by atomic mass is 32.2. The second-order valence-electron chi connectivity index (χ2n) is 11.5. The van der Waals surface area contributed by atoms with Gasteiger partial charge in [0.1, 0.15) is 12.6 Å². The number of benzene rings is 2. The van der Waals surface area contributed by atoms with Gasteiger partial charge in [-0.2, -0.15) is 11.8 Å². The fourth-order valence-corrected chi connectivity index (χ4v) is 6.92. The van der Waals surface area contributed by atoms with Gasteiger partial charge in [-0.25, -0.2) is 4.98 Å². The number of nitrogens with one attached hydrogen (secondary N) is 1. The zero-order valence-electron chi connectivity index (χ0n) is 22.7. The number of nitrogens with zero attached hydrogens (tertiary/aromatic N) is 2. The normalized spacial score (nSPS) is 17.9. The summed E-state index contributed by atoms with van der Waals surface area (Å²) in [4.78, 5) is 18.6. The van der Waals surface area contributed by atoms with E-state index in [-0.39, 0.29) is 18.1 Å². The number of thioether (sulfide) groups is 1. The second kappa shape index (κ2) is 11.9. The van der Waals surface area contributed by atoms with Gasteiger partial charge >= 0.3 is 0 Å². The van der Waals surface area contributed by atoms with Crippen LogP contribution in [0, 0.1) is 0 Å². The summed E-state index contributed by atoms with van der Waals surface area (Å²) in [5.41, 5.74) is 2.57. The van der Waals surface area contributed by atoms with E-state index < -0.39 is 8.07 Å². The van der Waals surface area contributed by atoms with Gasteiger partial charge in [-0.15, -0.1) is 0 Å². The number of hydrogen-bond acceptors (Lipinski definition) is 7. The molecule has 7 nitrogen and oxygen atoms in total. The van der Waals surface area contributed by atoms with Crippen LogP contribution in [0.25, 0.3) is 10.9 Å². The first-order chi connectivity index (χ1) is 18.3. The minimum Gasteiger partial charge on any atom is -0.361 e. The standard InChI is InChI=1S/C29H39N3O4SSi/c1-38(2,3)18-17-34-21-32-27(20-37-24-11-13-29(14-12-24)35-15-16-36-29)31-26-19-23(9-10-25(26)28(32)33)30-22-7-5-4-6-8-22/h4-10,19,24,30H,11-18,20-21H2,1-3H3. The number of rotatable bonds is 10. The molecule has 0 radical (unpaired) electrons. The number of para-hydroxylation sites is 1. The SMILES string of the molecule is C[Si](C)(C)CCOCn1c(CSC2CCC3(CC2)OCCO3)nc2cc(Nc3ccccc3)ccc2c1=O. The monoisotopic (exact) mass is 553 g/mol. The fraction of sp³-hybridized carbons (Fsp3) is 0.517. The Hall–Kier alpha value is -2.17. The van der Waals surface area contributed by atoms with Crippen LogP contribution in [0.4, 0.5) is 11.4 Å². The summed E-state index contributed by atoms with van der Waals surface area (Å²) in [5.74, 6) is 1.08. The van der Waals surface area contributed by atoms with Crippen LogP contribution in [-0.4, -0.2) is 48.5 Å². The van der Waals surface area contributed by atoms with Crippen LogP contribution in [-0.2, 0) is 26.7 Å². The number of fused-ring (bicyclic) bond motifs is 1. The van der Waals surface area contributed by atoms with Crippen molar-refractivity contribution in [2.24, 2.45) is 0 Å². The molecule has 1 spiro atoms. The van der Waals surface area contributed by atoms with Gasteiger partial charge in [-0.05, 0) is 49.2 Å². The molecule has 5 rings (SSSR count). The number of hydrogen-bond donors (Lipinski definition) is 1. The van der Waals surface area contributed by atoms with E-state index in [2.05, 4.69) is 25.0 Å². The Morgan fingerprint density at radius 2 is 1.82 bits per heavy atom. The molecule has 0 unspecified atom stereocenters. The summed E-state index contributed by atoms with van der Waals surface area (Å²) in [6, 6.07) is 16.9. The van der Waals surface area contributed by atoms with Crippen LogP contribution in [0.5, 0.6) is 0 Å². The predicted octanol–water partition coefficient (Wildman–Crippen LogP) is 6.37. The van der Waals surface area contributed by atoms with Gasteiger partial charge in [0, 0.05) is 44.1 Å². The molecule has 2 heterocycles. The summed E-state index contributed by atoms with van der Waals surface area (Å²) < 4.78 is 19.6. The first-order valence-corrected chi connectivity index (χ1v) is 18.4. The van der Waals surface area contributed by atoms with Crippen molar-refractivity contribution >= 4 is 42.1 Å². The first kappa shape index (κ1) is 27.4. The number of aromatic nitrogens is 2. The van der Waals surface area contributed by atoms with Gasteiger partial charge in [-0.3, -0.25) is 9.36 Å². The lowest BCUT2D eigenvalue weighted by molar-refractivity contribution is -0.175. The maximum atomic E-state index is 13.6. The van der Waals surface area contributed by atoms with Crippen LogP contribution >= 0.6 is 11.8 Å². The molecule has 0 amide bonds. The van der Waals surface area contributed by atoms with E-state index in [1.807, 2.05) is 60.3 Å². The maximum Gasteiger partial charge on any atom is 0.263 e. The average Bonchev–Trinajstić information content (AvgIpc) is 3.35. The van der Waals surface area contributed by atoms with Gasteiger partial charge in [0.15, 0.2) is 5.79 Å². The van der Waals surface area contributed by atoms with Gasteiger partial charge in [0.25, 0.3) is 5.56 Å². The van der Waals surface area contributed by atoms with Crippen LogP contribution in [0.1, 0.15) is 31.5 Å². The molecule has 9 heteroatoms. The smallest absolute Gasteiger partial charge is 0.263 e. The summed E-state index contributed by atoms with van der Waals surface area (Å²) >= 11 is 1.88. The molecule has 204 valence electrons. The average molecular weight is 554 g/mol. The van der Waals surface area contributed by atoms with Crippen molar-refractivity contribution in [1.29, 1.82) is 0 Å². The molecule has 2 fully saturated rings. The topological polar surface area (TPSA) is 74.6 Å². The van der Waals surface area contributed by atoms with Crippen molar-refractivity contribution in [3.63, 3.8) is 0 Å². The minimum atomic E-state index is -1.22. The number of anilines is 2. The van der Waals surface area contributed by atoms with E-state index in [0.717, 1.165) is 48.9 Å². The Morgan fingerprint density at radius 3 is 2.53 bits per heavy atom. The molecular weight excluding hydrogens is 514 g/mol. The Morgan fingerprint density at radius 1 is 1.08 bits per heavy atom. The van der Waals surface area contributed by atoms with Crippen molar-refractivity contribution in [3.8, 4) is 0 Å². The van der Waals surface area contributed by atoms with Crippen LogP contribution < -0.4 is 10.9 Å². The van der Waals surface area contributed by atoms with Crippen molar-refractivity contribution < 1.29 is 14.2 Å². The molecule has 0 bridgehead atoms. The Kier molecular flexibility index (Phi) is 8.59. The van der Waals surface area contributed by atoms with Crippen LogP contribution in [0.3, 0.4) is 0 Å². The van der Waals surface area contributed by atoms with E-state index in [1.54, 1.807) is 4.57 Å². The second-order valence-corrected chi connectivity index (χ2v) is 18.4. The lowest BCUT2D eigenvalue weighted by Crippen LogP contribution is -2.36. The molecule has 2 aromatic carbocycles. The third-order valence-corrected chi connectivity index (χ3v) is 10.3. The molecule has 3 aromatic rings.